The monoisotopic (exact) mass is 411 g/mol. The molecule has 0 aliphatic heterocycles. The number of likely N-dealkylation sites (N-methyl/N-ethyl adjacent to an activating group) is 1. The summed E-state index contributed by atoms with van der Waals surface area (Å²) in [6, 6.07) is 18.0. The minimum Gasteiger partial charge on any atom is -0.313 e. The van der Waals surface area contributed by atoms with Gasteiger partial charge in [-0.25, -0.2) is 0 Å². The minimum absolute atomic E-state index is 0.514. The lowest BCUT2D eigenvalue weighted by molar-refractivity contribution is 0.572. The van der Waals surface area contributed by atoms with Crippen LogP contribution in [0.15, 0.2) is 53.4 Å². The third-order valence-corrected chi connectivity index (χ3v) is 5.48. The maximum atomic E-state index is 3.61. The molecule has 0 spiro atoms. The van der Waals surface area contributed by atoms with Crippen LogP contribution in [0.3, 0.4) is 0 Å². The van der Waals surface area contributed by atoms with E-state index in [9.17, 15) is 0 Å². The summed E-state index contributed by atoms with van der Waals surface area (Å²) in [4.78, 5) is 1.39. The predicted octanol–water partition coefficient (Wildman–Crippen LogP) is 4.91. The molecule has 1 nitrogen and oxygen atoms in total. The van der Waals surface area contributed by atoms with E-state index < -0.39 is 0 Å². The largest absolute Gasteiger partial charge is 0.313 e. The number of rotatable bonds is 7. The molecule has 2 aromatic carbocycles. The molecule has 2 rings (SSSR count). The van der Waals surface area contributed by atoms with Crippen LogP contribution in [-0.4, -0.2) is 18.3 Å². The number of aryl methyl sites for hydroxylation is 1. The molecule has 112 valence electrons. The van der Waals surface area contributed by atoms with Crippen LogP contribution in [0.25, 0.3) is 0 Å². The second-order valence-corrected chi connectivity index (χ2v) is 7.47. The average molecular weight is 411 g/mol. The summed E-state index contributed by atoms with van der Waals surface area (Å²) in [6.45, 7) is 5.38. The Bertz CT molecular complexity index is 553. The van der Waals surface area contributed by atoms with Crippen molar-refractivity contribution in [1.29, 1.82) is 0 Å². The van der Waals surface area contributed by atoms with Crippen molar-refractivity contribution in [2.75, 3.05) is 12.3 Å². The first kappa shape index (κ1) is 16.8. The molecule has 1 unspecified atom stereocenters. The highest BCUT2D eigenvalue weighted by molar-refractivity contribution is 14.1. The van der Waals surface area contributed by atoms with Crippen LogP contribution in [0.5, 0.6) is 0 Å². The molecule has 0 aromatic heterocycles. The number of thioether (sulfide) groups is 1. The average Bonchev–Trinajstić information content (AvgIpc) is 2.49. The minimum atomic E-state index is 0.514. The predicted molar refractivity (Wildman–Crippen MR) is 102 cm³/mol. The van der Waals surface area contributed by atoms with Crippen LogP contribution >= 0.6 is 34.4 Å². The summed E-state index contributed by atoms with van der Waals surface area (Å²) in [5.41, 5.74) is 2.78. The van der Waals surface area contributed by atoms with Crippen molar-refractivity contribution in [1.82, 2.24) is 5.32 Å². The molecule has 0 aliphatic rings. The number of hydrogen-bond donors (Lipinski definition) is 1. The first-order valence-electron chi connectivity index (χ1n) is 7.35. The molecule has 0 amide bonds. The zero-order valence-corrected chi connectivity index (χ0v) is 15.6. The first-order chi connectivity index (χ1) is 10.2. The zero-order valence-electron chi connectivity index (χ0n) is 12.6. The Balaban J connectivity index is 1.95. The molecule has 0 bridgehead atoms. The highest BCUT2D eigenvalue weighted by Crippen LogP contribution is 2.23. The lowest BCUT2D eigenvalue weighted by Crippen LogP contribution is -2.33. The Labute approximate surface area is 146 Å². The molecule has 0 saturated carbocycles. The van der Waals surface area contributed by atoms with E-state index >= 15 is 0 Å². The zero-order chi connectivity index (χ0) is 15.1. The van der Waals surface area contributed by atoms with Crippen LogP contribution < -0.4 is 5.32 Å². The van der Waals surface area contributed by atoms with E-state index in [2.05, 4.69) is 90.3 Å². The topological polar surface area (TPSA) is 12.0 Å². The fraction of sp³-hybridized carbons (Fsp3) is 0.333. The normalized spacial score (nSPS) is 12.3. The van der Waals surface area contributed by atoms with Gasteiger partial charge in [0, 0.05) is 20.3 Å². The van der Waals surface area contributed by atoms with Crippen LogP contribution in [-0.2, 0) is 6.42 Å². The fourth-order valence-corrected chi connectivity index (χ4v) is 3.74. The number of halogens is 1. The van der Waals surface area contributed by atoms with Gasteiger partial charge in [0.05, 0.1) is 0 Å². The summed E-state index contributed by atoms with van der Waals surface area (Å²) < 4.78 is 1.30. The third-order valence-electron chi connectivity index (χ3n) is 3.42. The number of benzene rings is 2. The second-order valence-electron chi connectivity index (χ2n) is 5.16. The van der Waals surface area contributed by atoms with Gasteiger partial charge < -0.3 is 5.32 Å². The highest BCUT2D eigenvalue weighted by atomic mass is 127. The fourth-order valence-electron chi connectivity index (χ4n) is 2.29. The van der Waals surface area contributed by atoms with E-state index in [1.54, 1.807) is 0 Å². The molecular formula is C18H22INS. The molecule has 0 saturated heterocycles. The van der Waals surface area contributed by atoms with Crippen molar-refractivity contribution in [3.63, 3.8) is 0 Å². The molecule has 1 atom stereocenters. The molecular weight excluding hydrogens is 389 g/mol. The molecule has 2 aromatic rings. The smallest absolute Gasteiger partial charge is 0.0201 e. The van der Waals surface area contributed by atoms with E-state index in [0.29, 0.717) is 6.04 Å². The third kappa shape index (κ3) is 5.64. The van der Waals surface area contributed by atoms with Crippen molar-refractivity contribution in [3.8, 4) is 0 Å². The lowest BCUT2D eigenvalue weighted by atomic mass is 10.1. The Hall–Kier alpha value is -0.520. The van der Waals surface area contributed by atoms with Gasteiger partial charge in [0.1, 0.15) is 0 Å². The number of nitrogens with one attached hydrogen (secondary N) is 1. The van der Waals surface area contributed by atoms with Crippen molar-refractivity contribution >= 4 is 34.4 Å². The van der Waals surface area contributed by atoms with E-state index in [1.165, 1.54) is 19.6 Å². The maximum Gasteiger partial charge on any atom is 0.0201 e. The molecule has 3 heteroatoms. The molecule has 0 heterocycles. The van der Waals surface area contributed by atoms with Crippen molar-refractivity contribution in [3.05, 3.63) is 63.2 Å². The van der Waals surface area contributed by atoms with Crippen LogP contribution in [0, 0.1) is 10.5 Å². The number of hydrogen-bond acceptors (Lipinski definition) is 2. The van der Waals surface area contributed by atoms with E-state index in [1.807, 2.05) is 11.8 Å². The lowest BCUT2D eigenvalue weighted by Gasteiger charge is -2.18. The first-order valence-corrected chi connectivity index (χ1v) is 9.41. The second kappa shape index (κ2) is 8.81. The molecule has 1 N–H and O–H groups in total. The van der Waals surface area contributed by atoms with E-state index in [-0.39, 0.29) is 0 Å². The SMILES string of the molecule is CCNC(CSc1ccccc1C)Cc1ccc(I)cc1. The van der Waals surface area contributed by atoms with Crippen LogP contribution in [0.1, 0.15) is 18.1 Å². The quantitative estimate of drug-likeness (QED) is 0.513. The van der Waals surface area contributed by atoms with Crippen molar-refractivity contribution in [2.24, 2.45) is 0 Å². The summed E-state index contributed by atoms with van der Waals surface area (Å²) in [5.74, 6) is 1.10. The van der Waals surface area contributed by atoms with Crippen molar-refractivity contribution < 1.29 is 0 Å². The van der Waals surface area contributed by atoms with Crippen LogP contribution in [0.2, 0.25) is 0 Å². The Morgan fingerprint density at radius 2 is 1.81 bits per heavy atom. The van der Waals surface area contributed by atoms with Gasteiger partial charge in [-0.05, 0) is 71.8 Å². The summed E-state index contributed by atoms with van der Waals surface area (Å²) >= 11 is 4.31. The van der Waals surface area contributed by atoms with Gasteiger partial charge in [0.25, 0.3) is 0 Å². The summed E-state index contributed by atoms with van der Waals surface area (Å²) in [6.07, 6.45) is 1.09. The van der Waals surface area contributed by atoms with Crippen molar-refractivity contribution in [2.45, 2.75) is 31.2 Å². The Kier molecular flexibility index (Phi) is 7.07. The van der Waals surface area contributed by atoms with E-state index in [0.717, 1.165) is 18.7 Å². The molecule has 0 aliphatic carbocycles. The van der Waals surface area contributed by atoms with Gasteiger partial charge in [-0.15, -0.1) is 11.8 Å². The molecule has 21 heavy (non-hydrogen) atoms. The van der Waals surface area contributed by atoms with Gasteiger partial charge in [-0.3, -0.25) is 0 Å². The van der Waals surface area contributed by atoms with Gasteiger partial charge in [0.2, 0.25) is 0 Å². The van der Waals surface area contributed by atoms with Gasteiger partial charge in [0.15, 0.2) is 0 Å². The van der Waals surface area contributed by atoms with Crippen LogP contribution in [0.4, 0.5) is 0 Å². The molecule has 0 fully saturated rings. The summed E-state index contributed by atoms with van der Waals surface area (Å²) in [7, 11) is 0. The Morgan fingerprint density at radius 1 is 1.10 bits per heavy atom. The standard InChI is InChI=1S/C18H22INS/c1-3-20-17(12-15-8-10-16(19)11-9-15)13-21-18-7-5-4-6-14(18)2/h4-11,17,20H,3,12-13H2,1-2H3. The van der Waals surface area contributed by atoms with Gasteiger partial charge >= 0.3 is 0 Å². The molecule has 0 radical (unpaired) electrons. The maximum absolute atomic E-state index is 3.61. The highest BCUT2D eigenvalue weighted by Gasteiger charge is 2.10. The summed E-state index contributed by atoms with van der Waals surface area (Å²) in [5, 5.41) is 3.61. The van der Waals surface area contributed by atoms with Gasteiger partial charge in [-0.1, -0.05) is 37.3 Å². The Morgan fingerprint density at radius 3 is 2.48 bits per heavy atom. The van der Waals surface area contributed by atoms with E-state index in [4.69, 9.17) is 0 Å². The van der Waals surface area contributed by atoms with Gasteiger partial charge in [-0.2, -0.15) is 0 Å².